The van der Waals surface area contributed by atoms with Gasteiger partial charge in [0.2, 0.25) is 0 Å². The molecule has 0 aliphatic heterocycles. The van der Waals surface area contributed by atoms with Crippen LogP contribution in [0.1, 0.15) is 119 Å². The fraction of sp³-hybridized carbons (Fsp3) is 0.382. The van der Waals surface area contributed by atoms with Crippen LogP contribution >= 0.6 is 0 Å². The zero-order chi connectivity index (χ0) is 48.2. The van der Waals surface area contributed by atoms with E-state index in [1.165, 1.54) is 0 Å². The van der Waals surface area contributed by atoms with Gasteiger partial charge in [-0.05, 0) is 156 Å². The predicted octanol–water partition coefficient (Wildman–Crippen LogP) is 12.5. The highest BCUT2D eigenvalue weighted by atomic mass is 16.5. The van der Waals surface area contributed by atoms with Gasteiger partial charge in [-0.3, -0.25) is 4.79 Å². The number of anilines is 3. The highest BCUT2D eigenvalue weighted by molar-refractivity contribution is 6.02. The summed E-state index contributed by atoms with van der Waals surface area (Å²) in [6.07, 6.45) is 6.84. The number of hydrogen-bond donors (Lipinski definition) is 3. The van der Waals surface area contributed by atoms with Crippen molar-refractivity contribution in [1.82, 2.24) is 0 Å². The number of esters is 4. The van der Waals surface area contributed by atoms with Gasteiger partial charge in [-0.2, -0.15) is 0 Å². The molecule has 0 radical (unpaired) electrons. The van der Waals surface area contributed by atoms with Crippen molar-refractivity contribution in [3.8, 4) is 11.5 Å². The maximum Gasteiger partial charge on any atom is 0.343 e. The van der Waals surface area contributed by atoms with E-state index in [-0.39, 0.29) is 23.3 Å². The van der Waals surface area contributed by atoms with Crippen molar-refractivity contribution in [3.63, 3.8) is 0 Å². The molecule has 5 aromatic carbocycles. The first-order valence-electron chi connectivity index (χ1n) is 23.2. The molecule has 12 nitrogen and oxygen atoms in total. The van der Waals surface area contributed by atoms with Crippen LogP contribution in [0.25, 0.3) is 10.8 Å². The normalized spacial score (nSPS) is 11.3. The number of unbranched alkanes of at least 4 members (excludes halogenated alkanes) is 6. The monoisotopic (exact) mass is 913 g/mol. The number of rotatable bonds is 26. The molecule has 0 spiro atoms. The van der Waals surface area contributed by atoms with Crippen LogP contribution in [0, 0.1) is 10.8 Å². The summed E-state index contributed by atoms with van der Waals surface area (Å²) in [5.74, 6) is -0.220. The van der Waals surface area contributed by atoms with Gasteiger partial charge >= 0.3 is 23.9 Å². The van der Waals surface area contributed by atoms with E-state index >= 15 is 0 Å². The molecule has 0 heterocycles. The summed E-state index contributed by atoms with van der Waals surface area (Å²) in [6.45, 7) is 17.4. The van der Waals surface area contributed by atoms with Crippen LogP contribution in [0.5, 0.6) is 11.5 Å². The molecule has 0 unspecified atom stereocenters. The molecule has 0 amide bonds. The first-order chi connectivity index (χ1) is 32.1. The lowest BCUT2D eigenvalue weighted by Gasteiger charge is -2.36. The first kappa shape index (κ1) is 51.2. The second kappa shape index (κ2) is 25.2. The van der Waals surface area contributed by atoms with E-state index < -0.39 is 11.4 Å². The number of benzene rings is 5. The number of ether oxygens (including phenoxy) is 5. The number of hydrogen-bond acceptors (Lipinski definition) is 12. The highest BCUT2D eigenvalue weighted by Gasteiger charge is 2.41. The highest BCUT2D eigenvalue weighted by Crippen LogP contribution is 2.39. The van der Waals surface area contributed by atoms with E-state index in [0.29, 0.717) is 61.2 Å². The average Bonchev–Trinajstić information content (AvgIpc) is 3.32. The number of fused-ring (bicyclic) bond motifs is 1. The van der Waals surface area contributed by atoms with E-state index in [2.05, 4.69) is 34.9 Å². The minimum atomic E-state index is -0.556. The molecule has 5 aromatic rings. The second-order valence-electron chi connectivity index (χ2n) is 18.2. The largest absolute Gasteiger partial charge is 0.494 e. The number of nitrogens with one attached hydrogen (secondary N) is 3. The van der Waals surface area contributed by atoms with Crippen LogP contribution in [-0.2, 0) is 30.3 Å². The smallest absolute Gasteiger partial charge is 0.343 e. The summed E-state index contributed by atoms with van der Waals surface area (Å²) in [5.41, 5.74) is 10.8. The van der Waals surface area contributed by atoms with Gasteiger partial charge in [0, 0.05) is 28.6 Å². The Morgan fingerprint density at radius 2 is 1.06 bits per heavy atom. The summed E-state index contributed by atoms with van der Waals surface area (Å²) in [4.78, 5) is 49.5. The minimum absolute atomic E-state index is 0.172. The Hall–Kier alpha value is -6.82. The van der Waals surface area contributed by atoms with Crippen molar-refractivity contribution in [3.05, 3.63) is 138 Å². The van der Waals surface area contributed by atoms with Crippen LogP contribution in [0.3, 0.4) is 0 Å². The molecule has 3 N–H and O–H groups in total. The Labute approximate surface area is 395 Å². The zero-order valence-corrected chi connectivity index (χ0v) is 40.0. The van der Waals surface area contributed by atoms with Gasteiger partial charge in [0.05, 0.1) is 54.3 Å². The van der Waals surface area contributed by atoms with E-state index in [4.69, 9.17) is 23.7 Å². The van der Waals surface area contributed by atoms with Crippen LogP contribution in [-0.4, -0.2) is 50.3 Å². The van der Waals surface area contributed by atoms with Crippen LogP contribution < -0.4 is 25.6 Å². The molecule has 0 fully saturated rings. The third-order valence-electron chi connectivity index (χ3n) is 11.9. The van der Waals surface area contributed by atoms with Gasteiger partial charge in [-0.1, -0.05) is 63.7 Å². The lowest BCUT2D eigenvalue weighted by atomic mass is 9.69. The molecule has 0 aliphatic carbocycles. The molecule has 0 aliphatic rings. The summed E-state index contributed by atoms with van der Waals surface area (Å²) >= 11 is 0. The second-order valence-corrected chi connectivity index (χ2v) is 18.2. The third kappa shape index (κ3) is 15.9. The topological polar surface area (TPSA) is 151 Å². The van der Waals surface area contributed by atoms with Crippen molar-refractivity contribution in [2.24, 2.45) is 10.8 Å². The number of hydrazine groups is 1. The van der Waals surface area contributed by atoms with Gasteiger partial charge in [-0.15, -0.1) is 0 Å². The zero-order valence-electron chi connectivity index (χ0n) is 40.0. The Morgan fingerprint density at radius 3 is 1.67 bits per heavy atom. The summed E-state index contributed by atoms with van der Waals surface area (Å²) < 4.78 is 27.6. The molecule has 12 heteroatoms. The minimum Gasteiger partial charge on any atom is -0.494 e. The lowest BCUT2D eigenvalue weighted by Crippen LogP contribution is -2.39. The Bertz CT molecular complexity index is 2400. The molecular weight excluding hydrogens is 847 g/mol. The maximum atomic E-state index is 12.9. The fourth-order valence-electron chi connectivity index (χ4n) is 6.61. The Morgan fingerprint density at radius 1 is 0.537 bits per heavy atom. The van der Waals surface area contributed by atoms with Crippen LogP contribution in [0.15, 0.2) is 121 Å². The fourth-order valence-corrected chi connectivity index (χ4v) is 6.61. The molecule has 356 valence electrons. The predicted molar refractivity (Wildman–Crippen MR) is 265 cm³/mol. The lowest BCUT2D eigenvalue weighted by molar-refractivity contribution is -0.160. The molecule has 0 saturated carbocycles. The molecule has 0 aromatic heterocycles. The summed E-state index contributed by atoms with van der Waals surface area (Å²) in [7, 11) is 0. The van der Waals surface area contributed by atoms with Crippen LogP contribution in [0.2, 0.25) is 0 Å². The van der Waals surface area contributed by atoms with E-state index in [0.717, 1.165) is 84.8 Å². The standard InChI is InChI=1S/C55H67N3O9/c1-39(2)50(59)64-35-15-9-8-14-34-63-44-30-24-42(25-31-44)52(61)67-45-28-20-40(21-29-45)38-56-48-32-33-49(47-19-13-12-18-46(47)48)58-57-43-26-22-41(23-27-43)51(60)65-36-16-10-11-17-37-66-53(62)55(6,7)54(3,4)5/h12-13,18-33,56-58H,1,8-11,14-17,34-38H2,2-7H3. The van der Waals surface area contributed by atoms with E-state index in [1.54, 1.807) is 55.5 Å². The maximum absolute atomic E-state index is 12.9. The van der Waals surface area contributed by atoms with Crippen molar-refractivity contribution >= 4 is 51.7 Å². The van der Waals surface area contributed by atoms with Crippen LogP contribution in [0.4, 0.5) is 17.1 Å². The molecule has 0 saturated heterocycles. The van der Waals surface area contributed by atoms with Gasteiger partial charge in [0.25, 0.3) is 0 Å². The molecule has 67 heavy (non-hydrogen) atoms. The SMILES string of the molecule is C=C(C)C(=O)OCCCCCCOc1ccc(C(=O)Oc2ccc(CNc3ccc(NNc4ccc(C(=O)OCCCCCCOC(=O)C(C)(C)C(C)(C)C)cc4)c4ccccc34)cc2)cc1. The third-order valence-corrected chi connectivity index (χ3v) is 11.9. The van der Waals surface area contributed by atoms with Gasteiger partial charge < -0.3 is 39.9 Å². The van der Waals surface area contributed by atoms with Gasteiger partial charge in [0.1, 0.15) is 11.5 Å². The number of carbonyl (C=O) groups excluding carboxylic acids is 4. The average molecular weight is 914 g/mol. The van der Waals surface area contributed by atoms with E-state index in [1.807, 2.05) is 83.1 Å². The quantitative estimate of drug-likeness (QED) is 0.0121. The van der Waals surface area contributed by atoms with Gasteiger partial charge in [-0.25, -0.2) is 14.4 Å². The van der Waals surface area contributed by atoms with Crippen molar-refractivity contribution < 1.29 is 42.9 Å². The van der Waals surface area contributed by atoms with Gasteiger partial charge in [0.15, 0.2) is 0 Å². The Kier molecular flexibility index (Phi) is 19.2. The molecular formula is C55H67N3O9. The number of carbonyl (C=O) groups is 4. The summed E-state index contributed by atoms with van der Waals surface area (Å²) in [5, 5.41) is 5.59. The first-order valence-corrected chi connectivity index (χ1v) is 23.2. The van der Waals surface area contributed by atoms with Crippen molar-refractivity contribution in [2.75, 3.05) is 42.6 Å². The molecule has 0 bridgehead atoms. The summed E-state index contributed by atoms with van der Waals surface area (Å²) in [6, 6.07) is 33.6. The molecule has 0 atom stereocenters. The van der Waals surface area contributed by atoms with Crippen molar-refractivity contribution in [2.45, 2.75) is 99.5 Å². The Balaban J connectivity index is 0.994. The molecule has 5 rings (SSSR count). The van der Waals surface area contributed by atoms with E-state index in [9.17, 15) is 19.2 Å². The van der Waals surface area contributed by atoms with Crippen molar-refractivity contribution in [1.29, 1.82) is 0 Å².